The summed E-state index contributed by atoms with van der Waals surface area (Å²) >= 11 is 0. The van der Waals surface area contributed by atoms with Gasteiger partial charge in [-0.05, 0) is 71.8 Å². The van der Waals surface area contributed by atoms with E-state index < -0.39 is 11.6 Å². The zero-order chi connectivity index (χ0) is 25.4. The van der Waals surface area contributed by atoms with Gasteiger partial charge >= 0.3 is 0 Å². The number of halogens is 2. The van der Waals surface area contributed by atoms with Crippen molar-refractivity contribution < 1.29 is 13.5 Å². The number of nitrogens with zero attached hydrogens (tertiary/aromatic N) is 6. The first-order valence-corrected chi connectivity index (χ1v) is 12.8. The molecule has 7 nitrogen and oxygen atoms in total. The zero-order valence-electron chi connectivity index (χ0n) is 21.4. The smallest absolute Gasteiger partial charge is 0.178 e. The molecule has 0 spiro atoms. The lowest BCUT2D eigenvalue weighted by molar-refractivity contribution is 0.189. The molecule has 2 aliphatic rings. The topological polar surface area (TPSA) is 59.3 Å². The van der Waals surface area contributed by atoms with Crippen LogP contribution in [-0.2, 0) is 6.42 Å². The van der Waals surface area contributed by atoms with Gasteiger partial charge in [-0.3, -0.25) is 4.68 Å². The molecular formula is C27H34F2N6O. The fraction of sp³-hybridized carbons (Fsp3) is 0.519. The Balaban J connectivity index is 1.36. The number of hydrogen-bond donors (Lipinski definition) is 0. The molecule has 0 amide bonds. The number of rotatable bonds is 6. The number of anilines is 1. The lowest BCUT2D eigenvalue weighted by Crippen LogP contribution is -2.38. The Hall–Kier alpha value is -3.07. The van der Waals surface area contributed by atoms with Gasteiger partial charge in [0.15, 0.2) is 17.4 Å². The molecule has 3 aromatic rings. The van der Waals surface area contributed by atoms with Gasteiger partial charge < -0.3 is 14.5 Å². The fourth-order valence-corrected chi connectivity index (χ4v) is 5.34. The summed E-state index contributed by atoms with van der Waals surface area (Å²) in [5, 5.41) is 4.77. The molecular weight excluding hydrogens is 462 g/mol. The van der Waals surface area contributed by atoms with Gasteiger partial charge in [0, 0.05) is 23.8 Å². The van der Waals surface area contributed by atoms with Crippen molar-refractivity contribution in [1.82, 2.24) is 24.6 Å². The van der Waals surface area contributed by atoms with Crippen molar-refractivity contribution in [2.24, 2.45) is 0 Å². The Bertz CT molecular complexity index is 1220. The van der Waals surface area contributed by atoms with Crippen LogP contribution in [0.1, 0.15) is 57.1 Å². The van der Waals surface area contributed by atoms with Crippen LogP contribution < -0.4 is 9.64 Å². The molecule has 1 aliphatic carbocycles. The quantitative estimate of drug-likeness (QED) is 0.486. The van der Waals surface area contributed by atoms with Crippen molar-refractivity contribution in [3.63, 3.8) is 0 Å². The molecule has 1 saturated carbocycles. The number of benzene rings is 1. The summed E-state index contributed by atoms with van der Waals surface area (Å²) in [6, 6.07) is 6.20. The Morgan fingerprint density at radius 1 is 1.11 bits per heavy atom. The van der Waals surface area contributed by atoms with E-state index in [0.717, 1.165) is 37.6 Å². The third-order valence-electron chi connectivity index (χ3n) is 7.38. The van der Waals surface area contributed by atoms with Gasteiger partial charge in [-0.2, -0.15) is 5.10 Å². The Morgan fingerprint density at radius 3 is 2.61 bits per heavy atom. The monoisotopic (exact) mass is 496 g/mol. The molecule has 0 bridgehead atoms. The van der Waals surface area contributed by atoms with Crippen molar-refractivity contribution in [3.8, 4) is 17.0 Å². The molecule has 0 N–H and O–H groups in total. The van der Waals surface area contributed by atoms with E-state index in [0.29, 0.717) is 48.7 Å². The molecule has 5 rings (SSSR count). The van der Waals surface area contributed by atoms with Crippen molar-refractivity contribution in [2.45, 2.75) is 64.1 Å². The summed E-state index contributed by atoms with van der Waals surface area (Å²) in [7, 11) is 4.28. The SMILES string of the molecule is CC(C)N1CCOc2c(F)cc(-c3nc(Cc4ccn(C5CCC(N(C)C)CC5)n4)ncc3F)cc21. The van der Waals surface area contributed by atoms with Gasteiger partial charge in [-0.25, -0.2) is 18.7 Å². The summed E-state index contributed by atoms with van der Waals surface area (Å²) in [6.07, 6.45) is 8.07. The van der Waals surface area contributed by atoms with Crippen LogP contribution in [-0.4, -0.2) is 64.0 Å². The van der Waals surface area contributed by atoms with Crippen molar-refractivity contribution in [2.75, 3.05) is 32.1 Å². The molecule has 9 heteroatoms. The first-order valence-electron chi connectivity index (χ1n) is 12.8. The second-order valence-electron chi connectivity index (χ2n) is 10.3. The second-order valence-corrected chi connectivity index (χ2v) is 10.3. The molecule has 36 heavy (non-hydrogen) atoms. The molecule has 1 aliphatic heterocycles. The molecule has 0 atom stereocenters. The summed E-state index contributed by atoms with van der Waals surface area (Å²) in [5.41, 5.74) is 1.90. The van der Waals surface area contributed by atoms with Crippen LogP contribution >= 0.6 is 0 Å². The second kappa shape index (κ2) is 10.1. The first-order chi connectivity index (χ1) is 17.3. The van der Waals surface area contributed by atoms with Gasteiger partial charge in [0.1, 0.15) is 18.1 Å². The van der Waals surface area contributed by atoms with Crippen LogP contribution in [0, 0.1) is 11.6 Å². The minimum Gasteiger partial charge on any atom is -0.486 e. The van der Waals surface area contributed by atoms with E-state index in [-0.39, 0.29) is 17.5 Å². The van der Waals surface area contributed by atoms with Crippen molar-refractivity contribution in [1.29, 1.82) is 0 Å². The van der Waals surface area contributed by atoms with Crippen LogP contribution in [0.4, 0.5) is 14.5 Å². The van der Waals surface area contributed by atoms with Gasteiger partial charge in [0.05, 0.1) is 36.6 Å². The molecule has 1 fully saturated rings. The van der Waals surface area contributed by atoms with E-state index in [1.165, 1.54) is 6.07 Å². The van der Waals surface area contributed by atoms with Gasteiger partial charge in [-0.15, -0.1) is 0 Å². The standard InChI is InChI=1S/C27H34F2N6O/c1-17(2)34-11-12-36-27-22(28)13-18(14-24(27)34)26-23(29)16-30-25(31-26)15-19-9-10-35(32-19)21-7-5-20(6-8-21)33(3)4/h9-10,13-14,16-17,20-21H,5-8,11-12,15H2,1-4H3. The van der Waals surface area contributed by atoms with E-state index in [1.807, 2.05) is 30.8 Å². The third-order valence-corrected chi connectivity index (χ3v) is 7.38. The molecule has 0 saturated heterocycles. The Kier molecular flexibility index (Phi) is 6.92. The predicted octanol–water partition coefficient (Wildman–Crippen LogP) is 4.86. The van der Waals surface area contributed by atoms with Crippen LogP contribution in [0.5, 0.6) is 5.75 Å². The normalized spacial score (nSPS) is 20.1. The minimum atomic E-state index is -0.589. The van der Waals surface area contributed by atoms with Gasteiger partial charge in [0.25, 0.3) is 0 Å². The summed E-state index contributed by atoms with van der Waals surface area (Å²) in [4.78, 5) is 13.0. The number of fused-ring (bicyclic) bond motifs is 1. The maximum atomic E-state index is 14.9. The third kappa shape index (κ3) is 4.93. The average molecular weight is 497 g/mol. The predicted molar refractivity (Wildman–Crippen MR) is 135 cm³/mol. The number of aromatic nitrogens is 4. The first kappa shape index (κ1) is 24.6. The van der Waals surface area contributed by atoms with Gasteiger partial charge in [-0.1, -0.05) is 0 Å². The van der Waals surface area contributed by atoms with E-state index in [2.05, 4.69) is 33.9 Å². The maximum absolute atomic E-state index is 14.9. The van der Waals surface area contributed by atoms with E-state index in [4.69, 9.17) is 9.84 Å². The molecule has 192 valence electrons. The molecule has 0 unspecified atom stereocenters. The number of hydrogen-bond acceptors (Lipinski definition) is 6. The largest absolute Gasteiger partial charge is 0.486 e. The molecule has 2 aromatic heterocycles. The van der Waals surface area contributed by atoms with Crippen LogP contribution in [0.2, 0.25) is 0 Å². The van der Waals surface area contributed by atoms with E-state index in [1.54, 1.807) is 6.07 Å². The minimum absolute atomic E-state index is 0.0809. The lowest BCUT2D eigenvalue weighted by atomic mass is 9.91. The fourth-order valence-electron chi connectivity index (χ4n) is 5.34. The molecule has 3 heterocycles. The maximum Gasteiger partial charge on any atom is 0.178 e. The lowest BCUT2D eigenvalue weighted by Gasteiger charge is -2.34. The molecule has 1 aromatic carbocycles. The summed E-state index contributed by atoms with van der Waals surface area (Å²) < 4.78 is 37.4. The number of ether oxygens (including phenoxy) is 1. The summed E-state index contributed by atoms with van der Waals surface area (Å²) in [6.45, 7) is 5.13. The molecule has 0 radical (unpaired) electrons. The highest BCUT2D eigenvalue weighted by atomic mass is 19.1. The Labute approximate surface area is 211 Å². The highest BCUT2D eigenvalue weighted by Crippen LogP contribution is 2.39. The highest BCUT2D eigenvalue weighted by Gasteiger charge is 2.26. The van der Waals surface area contributed by atoms with Gasteiger partial charge in [0.2, 0.25) is 0 Å². The Morgan fingerprint density at radius 2 is 1.89 bits per heavy atom. The van der Waals surface area contributed by atoms with Crippen LogP contribution in [0.3, 0.4) is 0 Å². The van der Waals surface area contributed by atoms with Crippen molar-refractivity contribution >= 4 is 5.69 Å². The van der Waals surface area contributed by atoms with Crippen molar-refractivity contribution in [3.05, 3.63) is 53.7 Å². The van der Waals surface area contributed by atoms with Crippen LogP contribution in [0.15, 0.2) is 30.6 Å². The van der Waals surface area contributed by atoms with E-state index in [9.17, 15) is 8.78 Å². The average Bonchev–Trinajstić information content (AvgIpc) is 3.33. The zero-order valence-corrected chi connectivity index (χ0v) is 21.4. The van der Waals surface area contributed by atoms with Crippen LogP contribution in [0.25, 0.3) is 11.3 Å². The highest BCUT2D eigenvalue weighted by molar-refractivity contribution is 5.72. The van der Waals surface area contributed by atoms with E-state index >= 15 is 0 Å². The summed E-state index contributed by atoms with van der Waals surface area (Å²) in [5.74, 6) is -0.453.